The monoisotopic (exact) mass is 537 g/mol. The number of para-hydroxylation sites is 1. The minimum absolute atomic E-state index is 0.0430. The lowest BCUT2D eigenvalue weighted by atomic mass is 9.80. The number of rotatable bonds is 7. The van der Waals surface area contributed by atoms with E-state index < -0.39 is 0 Å². The maximum absolute atomic E-state index is 12.4. The van der Waals surface area contributed by atoms with Gasteiger partial charge in [0, 0.05) is 41.8 Å². The summed E-state index contributed by atoms with van der Waals surface area (Å²) in [6, 6.07) is 15.0. The van der Waals surface area contributed by atoms with Gasteiger partial charge in [0.1, 0.15) is 0 Å². The van der Waals surface area contributed by atoms with E-state index in [2.05, 4.69) is 52.7 Å². The summed E-state index contributed by atoms with van der Waals surface area (Å²) in [5.74, 6) is 1.35. The molecule has 5 rings (SSSR count). The van der Waals surface area contributed by atoms with Crippen molar-refractivity contribution in [2.45, 2.75) is 69.4 Å². The summed E-state index contributed by atoms with van der Waals surface area (Å²) in [7, 11) is 2.32. The Morgan fingerprint density at radius 1 is 1.00 bits per heavy atom. The standard InChI is InChI=1S/C31H37Cl2N3O/c1-36(25-14-10-23(11-15-25)27-19-34-30-5-3-2-4-26(27)30)20-22-6-12-24(13-7-22)35-31(37)17-9-21-8-16-28(32)29(33)18-21/h2-5,8-9,16-19,22-25,34H,6-7,10-15,20H2,1H3,(H,35,37)/b17-9+. The summed E-state index contributed by atoms with van der Waals surface area (Å²) in [6.07, 6.45) is 15.2. The zero-order valence-corrected chi connectivity index (χ0v) is 23.1. The van der Waals surface area contributed by atoms with Crippen molar-refractivity contribution in [1.29, 1.82) is 0 Å². The number of carbonyl (C=O) groups is 1. The first-order valence-corrected chi connectivity index (χ1v) is 14.4. The lowest BCUT2D eigenvalue weighted by molar-refractivity contribution is -0.117. The molecule has 1 heterocycles. The van der Waals surface area contributed by atoms with Crippen LogP contribution in [0.1, 0.15) is 68.4 Å². The Hall–Kier alpha value is -2.27. The fourth-order valence-corrected chi connectivity index (χ4v) is 6.65. The van der Waals surface area contributed by atoms with E-state index in [1.54, 1.807) is 24.3 Å². The predicted octanol–water partition coefficient (Wildman–Crippen LogP) is 7.82. The Morgan fingerprint density at radius 3 is 2.51 bits per heavy atom. The number of nitrogens with zero attached hydrogens (tertiary/aromatic N) is 1. The van der Waals surface area contributed by atoms with E-state index in [0.717, 1.165) is 24.3 Å². The van der Waals surface area contributed by atoms with E-state index in [9.17, 15) is 4.79 Å². The summed E-state index contributed by atoms with van der Waals surface area (Å²) in [5.41, 5.74) is 3.63. The average Bonchev–Trinajstić information content (AvgIpc) is 3.35. The van der Waals surface area contributed by atoms with E-state index in [1.165, 1.54) is 61.5 Å². The van der Waals surface area contributed by atoms with Crippen molar-refractivity contribution in [3.05, 3.63) is 75.9 Å². The molecule has 196 valence electrons. The van der Waals surface area contributed by atoms with Gasteiger partial charge >= 0.3 is 0 Å². The first-order valence-electron chi connectivity index (χ1n) is 13.7. The molecule has 37 heavy (non-hydrogen) atoms. The molecule has 0 unspecified atom stereocenters. The van der Waals surface area contributed by atoms with Gasteiger partial charge in [-0.1, -0.05) is 47.5 Å². The van der Waals surface area contributed by atoms with Gasteiger partial charge in [-0.15, -0.1) is 0 Å². The molecule has 2 aliphatic rings. The molecule has 2 N–H and O–H groups in total. The van der Waals surface area contributed by atoms with Crippen molar-refractivity contribution in [1.82, 2.24) is 15.2 Å². The minimum atomic E-state index is -0.0430. The first-order chi connectivity index (χ1) is 18.0. The molecule has 2 fully saturated rings. The Balaban J connectivity index is 1.03. The smallest absolute Gasteiger partial charge is 0.244 e. The molecule has 2 aliphatic carbocycles. The van der Waals surface area contributed by atoms with Crippen LogP contribution in [0, 0.1) is 5.92 Å². The fourth-order valence-electron chi connectivity index (χ4n) is 6.34. The zero-order chi connectivity index (χ0) is 25.8. The summed E-state index contributed by atoms with van der Waals surface area (Å²) in [4.78, 5) is 18.5. The van der Waals surface area contributed by atoms with Crippen molar-refractivity contribution in [3.8, 4) is 0 Å². The predicted molar refractivity (Wildman–Crippen MR) is 155 cm³/mol. The molecule has 3 aromatic rings. The van der Waals surface area contributed by atoms with Crippen LogP contribution in [-0.2, 0) is 4.79 Å². The quantitative estimate of drug-likeness (QED) is 0.301. The second-order valence-corrected chi connectivity index (χ2v) is 11.8. The molecule has 0 spiro atoms. The molecular formula is C31H37Cl2N3O. The number of aromatic amines is 1. The van der Waals surface area contributed by atoms with Crippen molar-refractivity contribution < 1.29 is 4.79 Å². The highest BCUT2D eigenvalue weighted by Gasteiger charge is 2.29. The molecular weight excluding hydrogens is 501 g/mol. The lowest BCUT2D eigenvalue weighted by Gasteiger charge is -2.38. The average molecular weight is 539 g/mol. The SMILES string of the molecule is CN(CC1CCC(NC(=O)/C=C/c2ccc(Cl)c(Cl)c2)CC1)C1CCC(c2c[nH]c3ccccc23)CC1. The Kier molecular flexibility index (Phi) is 8.59. The maximum Gasteiger partial charge on any atom is 0.244 e. The van der Waals surface area contributed by atoms with E-state index in [1.807, 2.05) is 6.07 Å². The number of carbonyl (C=O) groups excluding carboxylic acids is 1. The number of H-pyrrole nitrogens is 1. The van der Waals surface area contributed by atoms with Gasteiger partial charge in [-0.2, -0.15) is 0 Å². The van der Waals surface area contributed by atoms with Gasteiger partial charge in [0.25, 0.3) is 0 Å². The van der Waals surface area contributed by atoms with Crippen LogP contribution in [0.3, 0.4) is 0 Å². The number of benzene rings is 2. The largest absolute Gasteiger partial charge is 0.361 e. The summed E-state index contributed by atoms with van der Waals surface area (Å²) in [5, 5.41) is 5.59. The second-order valence-electron chi connectivity index (χ2n) is 11.0. The van der Waals surface area contributed by atoms with Gasteiger partial charge < -0.3 is 15.2 Å². The molecule has 1 amide bonds. The Bertz CT molecular complexity index is 1240. The summed E-state index contributed by atoms with van der Waals surface area (Å²) >= 11 is 12.0. The van der Waals surface area contributed by atoms with Crippen molar-refractivity contribution in [2.24, 2.45) is 5.92 Å². The van der Waals surface area contributed by atoms with Gasteiger partial charge in [0.15, 0.2) is 0 Å². The third kappa shape index (κ3) is 6.60. The summed E-state index contributed by atoms with van der Waals surface area (Å²) in [6.45, 7) is 1.17. The number of halogens is 2. The van der Waals surface area contributed by atoms with E-state index >= 15 is 0 Å². The highest BCUT2D eigenvalue weighted by molar-refractivity contribution is 6.42. The van der Waals surface area contributed by atoms with E-state index in [4.69, 9.17) is 23.2 Å². The van der Waals surface area contributed by atoms with Crippen LogP contribution in [0.25, 0.3) is 17.0 Å². The van der Waals surface area contributed by atoms with Gasteiger partial charge in [-0.05, 0) is 106 Å². The first kappa shape index (κ1) is 26.3. The van der Waals surface area contributed by atoms with E-state index in [-0.39, 0.29) is 11.9 Å². The van der Waals surface area contributed by atoms with Crippen LogP contribution in [0.5, 0.6) is 0 Å². The molecule has 0 atom stereocenters. The van der Waals surface area contributed by atoms with Crippen LogP contribution in [0.15, 0.2) is 54.7 Å². The molecule has 2 aromatic carbocycles. The van der Waals surface area contributed by atoms with Gasteiger partial charge in [0.05, 0.1) is 10.0 Å². The summed E-state index contributed by atoms with van der Waals surface area (Å²) < 4.78 is 0. The minimum Gasteiger partial charge on any atom is -0.361 e. The lowest BCUT2D eigenvalue weighted by Crippen LogP contribution is -2.41. The van der Waals surface area contributed by atoms with Crippen LogP contribution >= 0.6 is 23.2 Å². The third-order valence-electron chi connectivity index (χ3n) is 8.49. The molecule has 0 saturated heterocycles. The molecule has 6 heteroatoms. The maximum atomic E-state index is 12.4. The number of hydrogen-bond donors (Lipinski definition) is 2. The molecule has 1 aromatic heterocycles. The van der Waals surface area contributed by atoms with E-state index in [0.29, 0.717) is 22.0 Å². The number of amides is 1. The zero-order valence-electron chi connectivity index (χ0n) is 21.6. The van der Waals surface area contributed by atoms with Gasteiger partial charge in [0.2, 0.25) is 5.91 Å². The highest BCUT2D eigenvalue weighted by Crippen LogP contribution is 2.38. The van der Waals surface area contributed by atoms with Crippen molar-refractivity contribution in [3.63, 3.8) is 0 Å². The number of hydrogen-bond acceptors (Lipinski definition) is 2. The van der Waals surface area contributed by atoms with Crippen molar-refractivity contribution in [2.75, 3.05) is 13.6 Å². The van der Waals surface area contributed by atoms with Crippen molar-refractivity contribution >= 4 is 46.1 Å². The normalized spacial score (nSPS) is 24.6. The molecule has 0 radical (unpaired) electrons. The molecule has 0 aliphatic heterocycles. The number of fused-ring (bicyclic) bond motifs is 1. The molecule has 2 saturated carbocycles. The van der Waals surface area contributed by atoms with Crippen LogP contribution < -0.4 is 5.32 Å². The highest BCUT2D eigenvalue weighted by atomic mass is 35.5. The topological polar surface area (TPSA) is 48.1 Å². The number of nitrogens with one attached hydrogen (secondary N) is 2. The third-order valence-corrected chi connectivity index (χ3v) is 9.23. The van der Waals surface area contributed by atoms with Crippen LogP contribution in [0.2, 0.25) is 10.0 Å². The Morgan fingerprint density at radius 2 is 1.76 bits per heavy atom. The Labute approximate surface area is 230 Å². The van der Waals surface area contributed by atoms with Gasteiger partial charge in [-0.3, -0.25) is 4.79 Å². The fraction of sp³-hybridized carbons (Fsp3) is 0.452. The van der Waals surface area contributed by atoms with Crippen LogP contribution in [-0.4, -0.2) is 41.5 Å². The molecule has 4 nitrogen and oxygen atoms in total. The van der Waals surface area contributed by atoms with Gasteiger partial charge in [-0.25, -0.2) is 0 Å². The second kappa shape index (κ2) is 12.1. The number of aromatic nitrogens is 1. The van der Waals surface area contributed by atoms with Crippen LogP contribution in [0.4, 0.5) is 0 Å². The molecule has 0 bridgehead atoms.